The number of rotatable bonds is 6. The zero-order valence-corrected chi connectivity index (χ0v) is 17.2. The normalized spacial score (nSPS) is 14.7. The molecule has 0 atom stereocenters. The van der Waals surface area contributed by atoms with Gasteiger partial charge in [0.05, 0.1) is 12.2 Å². The number of hydrogen-bond donors (Lipinski definition) is 1. The summed E-state index contributed by atoms with van der Waals surface area (Å²) in [5.74, 6) is 0.393. The fourth-order valence-electron chi connectivity index (χ4n) is 3.57. The summed E-state index contributed by atoms with van der Waals surface area (Å²) in [5.41, 5.74) is 1.38. The van der Waals surface area contributed by atoms with Crippen molar-refractivity contribution in [3.8, 4) is 5.69 Å². The minimum absolute atomic E-state index is 0.0313. The van der Waals surface area contributed by atoms with Gasteiger partial charge >= 0.3 is 0 Å². The highest BCUT2D eigenvalue weighted by Crippen LogP contribution is 2.21. The molecule has 1 aliphatic rings. The lowest BCUT2D eigenvalue weighted by molar-refractivity contribution is -0.122. The van der Waals surface area contributed by atoms with Crippen LogP contribution in [-0.4, -0.2) is 53.1 Å². The van der Waals surface area contributed by atoms with Gasteiger partial charge in [0, 0.05) is 50.1 Å². The van der Waals surface area contributed by atoms with E-state index in [2.05, 4.69) is 20.1 Å². The Bertz CT molecular complexity index is 1020. The van der Waals surface area contributed by atoms with E-state index in [-0.39, 0.29) is 11.7 Å². The molecule has 1 aliphatic heterocycles. The molecular formula is C22H23ClFN5O. The van der Waals surface area contributed by atoms with Crippen LogP contribution in [0.15, 0.2) is 60.9 Å². The number of benzene rings is 2. The zero-order valence-electron chi connectivity index (χ0n) is 16.5. The lowest BCUT2D eigenvalue weighted by Crippen LogP contribution is -2.50. The number of piperazine rings is 1. The maximum absolute atomic E-state index is 14.2. The molecule has 1 aromatic heterocycles. The van der Waals surface area contributed by atoms with Crippen molar-refractivity contribution < 1.29 is 9.18 Å². The van der Waals surface area contributed by atoms with Gasteiger partial charge in [0.1, 0.15) is 5.82 Å². The van der Waals surface area contributed by atoms with E-state index in [1.165, 1.54) is 6.07 Å². The molecule has 1 N–H and O–H groups in total. The minimum atomic E-state index is -0.287. The minimum Gasteiger partial charge on any atom is -0.351 e. The molecule has 0 saturated carbocycles. The average Bonchev–Trinajstić information content (AvgIpc) is 3.24. The smallest absolute Gasteiger partial charge is 0.234 e. The average molecular weight is 428 g/mol. The summed E-state index contributed by atoms with van der Waals surface area (Å²) in [5, 5.41) is 3.58. The van der Waals surface area contributed by atoms with Gasteiger partial charge in [-0.3, -0.25) is 14.3 Å². The first kappa shape index (κ1) is 20.4. The third kappa shape index (κ3) is 4.63. The standard InChI is InChI=1S/C22H23ClFN5O/c23-18-6-2-1-5-17(18)15-26-21(30)16-27-11-13-28(14-12-27)22-25-9-10-29(22)20-8-4-3-7-19(20)24/h1-10H,11-16H2,(H,26,30). The largest absolute Gasteiger partial charge is 0.351 e. The van der Waals surface area contributed by atoms with Crippen molar-refractivity contribution in [2.45, 2.75) is 6.54 Å². The Hall–Kier alpha value is -2.90. The molecule has 1 fully saturated rings. The number of imidazole rings is 1. The van der Waals surface area contributed by atoms with Gasteiger partial charge in [-0.1, -0.05) is 41.9 Å². The molecule has 0 bridgehead atoms. The van der Waals surface area contributed by atoms with Crippen LogP contribution in [0.1, 0.15) is 5.56 Å². The molecular weight excluding hydrogens is 405 g/mol. The van der Waals surface area contributed by atoms with Crippen molar-refractivity contribution >= 4 is 23.5 Å². The third-order valence-electron chi connectivity index (χ3n) is 5.19. The molecule has 1 saturated heterocycles. The lowest BCUT2D eigenvalue weighted by Gasteiger charge is -2.35. The fraction of sp³-hybridized carbons (Fsp3) is 0.273. The summed E-state index contributed by atoms with van der Waals surface area (Å²) in [6.45, 7) is 3.62. The van der Waals surface area contributed by atoms with E-state index < -0.39 is 0 Å². The number of carbonyl (C=O) groups excluding carboxylic acids is 1. The second-order valence-electron chi connectivity index (χ2n) is 7.18. The first-order valence-corrected chi connectivity index (χ1v) is 10.3. The SMILES string of the molecule is O=C(CN1CCN(c2nccn2-c2ccccc2F)CC1)NCc1ccccc1Cl. The van der Waals surface area contributed by atoms with E-state index >= 15 is 0 Å². The molecule has 0 aliphatic carbocycles. The molecule has 30 heavy (non-hydrogen) atoms. The molecule has 0 radical (unpaired) electrons. The molecule has 3 aromatic rings. The Morgan fingerprint density at radius 1 is 1.07 bits per heavy atom. The van der Waals surface area contributed by atoms with Crippen LogP contribution < -0.4 is 10.2 Å². The molecule has 4 rings (SSSR count). The van der Waals surface area contributed by atoms with Crippen LogP contribution in [0.2, 0.25) is 5.02 Å². The van der Waals surface area contributed by atoms with Gasteiger partial charge in [0.25, 0.3) is 0 Å². The predicted octanol–water partition coefficient (Wildman–Crippen LogP) is 3.10. The quantitative estimate of drug-likeness (QED) is 0.656. The monoisotopic (exact) mass is 427 g/mol. The van der Waals surface area contributed by atoms with Gasteiger partial charge in [-0.2, -0.15) is 0 Å². The first-order chi connectivity index (χ1) is 14.6. The van der Waals surface area contributed by atoms with E-state index in [4.69, 9.17) is 11.6 Å². The number of aromatic nitrogens is 2. The van der Waals surface area contributed by atoms with Crippen molar-refractivity contribution in [1.82, 2.24) is 19.8 Å². The van der Waals surface area contributed by atoms with Crippen molar-refractivity contribution in [2.24, 2.45) is 0 Å². The highest BCUT2D eigenvalue weighted by Gasteiger charge is 2.22. The Kier molecular flexibility index (Phi) is 6.30. The molecule has 6 nitrogen and oxygen atoms in total. The number of nitrogens with one attached hydrogen (secondary N) is 1. The van der Waals surface area contributed by atoms with Crippen molar-refractivity contribution in [2.75, 3.05) is 37.6 Å². The van der Waals surface area contributed by atoms with E-state index in [1.807, 2.05) is 24.3 Å². The lowest BCUT2D eigenvalue weighted by atomic mass is 10.2. The van der Waals surface area contributed by atoms with Gasteiger partial charge in [-0.05, 0) is 23.8 Å². The Labute approximate surface area is 179 Å². The predicted molar refractivity (Wildman–Crippen MR) is 115 cm³/mol. The van der Waals surface area contributed by atoms with Crippen LogP contribution in [0, 0.1) is 5.82 Å². The highest BCUT2D eigenvalue weighted by molar-refractivity contribution is 6.31. The van der Waals surface area contributed by atoms with Crippen LogP contribution in [0.4, 0.5) is 10.3 Å². The number of nitrogens with zero attached hydrogens (tertiary/aromatic N) is 4. The molecule has 0 unspecified atom stereocenters. The number of halogens is 2. The van der Waals surface area contributed by atoms with Gasteiger partial charge in [-0.25, -0.2) is 9.37 Å². The van der Waals surface area contributed by atoms with E-state index in [9.17, 15) is 9.18 Å². The first-order valence-electron chi connectivity index (χ1n) is 9.87. The molecule has 0 spiro atoms. The van der Waals surface area contributed by atoms with Crippen LogP contribution in [0.25, 0.3) is 5.69 Å². The number of carbonyl (C=O) groups is 1. The van der Waals surface area contributed by atoms with Crippen LogP contribution in [0.5, 0.6) is 0 Å². The molecule has 2 aromatic carbocycles. The summed E-state index contributed by atoms with van der Waals surface area (Å²) in [6, 6.07) is 14.1. The van der Waals surface area contributed by atoms with Gasteiger partial charge in [0.15, 0.2) is 0 Å². The number of para-hydroxylation sites is 1. The summed E-state index contributed by atoms with van der Waals surface area (Å²) >= 11 is 6.13. The van der Waals surface area contributed by atoms with Gasteiger partial charge in [0.2, 0.25) is 11.9 Å². The Morgan fingerprint density at radius 2 is 1.80 bits per heavy atom. The second-order valence-corrected chi connectivity index (χ2v) is 7.59. The Balaban J connectivity index is 1.31. The maximum atomic E-state index is 14.2. The molecule has 156 valence electrons. The van der Waals surface area contributed by atoms with E-state index in [0.29, 0.717) is 42.8 Å². The molecule has 8 heteroatoms. The summed E-state index contributed by atoms with van der Waals surface area (Å²) < 4.78 is 16.0. The summed E-state index contributed by atoms with van der Waals surface area (Å²) in [6.07, 6.45) is 3.44. The van der Waals surface area contributed by atoms with E-state index in [0.717, 1.165) is 18.7 Å². The molecule has 2 heterocycles. The van der Waals surface area contributed by atoms with Crippen LogP contribution in [-0.2, 0) is 11.3 Å². The zero-order chi connectivity index (χ0) is 20.9. The van der Waals surface area contributed by atoms with Gasteiger partial charge in [-0.15, -0.1) is 0 Å². The number of anilines is 1. The fourth-order valence-corrected chi connectivity index (χ4v) is 3.77. The number of amides is 1. The summed E-state index contributed by atoms with van der Waals surface area (Å²) in [4.78, 5) is 21.0. The van der Waals surface area contributed by atoms with E-state index in [1.54, 1.807) is 35.2 Å². The van der Waals surface area contributed by atoms with Crippen LogP contribution in [0.3, 0.4) is 0 Å². The van der Waals surface area contributed by atoms with Crippen molar-refractivity contribution in [3.63, 3.8) is 0 Å². The molecule has 1 amide bonds. The second kappa shape index (κ2) is 9.28. The number of hydrogen-bond acceptors (Lipinski definition) is 4. The van der Waals surface area contributed by atoms with Gasteiger partial charge < -0.3 is 10.2 Å². The Morgan fingerprint density at radius 3 is 2.57 bits per heavy atom. The van der Waals surface area contributed by atoms with Crippen LogP contribution >= 0.6 is 11.6 Å². The topological polar surface area (TPSA) is 53.4 Å². The van der Waals surface area contributed by atoms with Crippen molar-refractivity contribution in [3.05, 3.63) is 77.3 Å². The maximum Gasteiger partial charge on any atom is 0.234 e. The highest BCUT2D eigenvalue weighted by atomic mass is 35.5. The summed E-state index contributed by atoms with van der Waals surface area (Å²) in [7, 11) is 0. The van der Waals surface area contributed by atoms with Crippen molar-refractivity contribution in [1.29, 1.82) is 0 Å². The third-order valence-corrected chi connectivity index (χ3v) is 5.56.